The molecule has 0 N–H and O–H groups in total. The van der Waals surface area contributed by atoms with Gasteiger partial charge in [-0.3, -0.25) is 4.79 Å². The molecule has 138 valence electrons. The molecule has 1 aliphatic heterocycles. The van der Waals surface area contributed by atoms with Crippen molar-refractivity contribution in [1.29, 1.82) is 0 Å². The Labute approximate surface area is 163 Å². The van der Waals surface area contributed by atoms with Gasteiger partial charge in [-0.05, 0) is 36.1 Å². The Morgan fingerprint density at radius 3 is 2.89 bits per heavy atom. The molecule has 2 heterocycles. The van der Waals surface area contributed by atoms with Gasteiger partial charge in [-0.15, -0.1) is 11.3 Å². The van der Waals surface area contributed by atoms with E-state index in [9.17, 15) is 4.79 Å². The van der Waals surface area contributed by atoms with Crippen LogP contribution in [0.3, 0.4) is 0 Å². The molecule has 4 nitrogen and oxygen atoms in total. The molecule has 1 fully saturated rings. The van der Waals surface area contributed by atoms with Gasteiger partial charge in [0.15, 0.2) is 0 Å². The molecular formula is C22H22N2O2S. The SMILES string of the molecule is COc1cccc(C2CCCN2C(=O)c2csc(Cc3ccccc3)n2)c1. The van der Waals surface area contributed by atoms with Crippen molar-refractivity contribution in [1.82, 2.24) is 9.88 Å². The quantitative estimate of drug-likeness (QED) is 0.645. The molecule has 0 aliphatic carbocycles. The summed E-state index contributed by atoms with van der Waals surface area (Å²) < 4.78 is 5.34. The number of thiazole rings is 1. The minimum atomic E-state index is 0.0240. The van der Waals surface area contributed by atoms with E-state index in [2.05, 4.69) is 23.2 Å². The van der Waals surface area contributed by atoms with E-state index in [-0.39, 0.29) is 11.9 Å². The molecule has 1 aromatic heterocycles. The van der Waals surface area contributed by atoms with Crippen LogP contribution >= 0.6 is 11.3 Å². The minimum Gasteiger partial charge on any atom is -0.497 e. The second-order valence-corrected chi connectivity index (χ2v) is 7.66. The molecule has 1 saturated heterocycles. The first kappa shape index (κ1) is 17.7. The maximum absolute atomic E-state index is 13.1. The lowest BCUT2D eigenvalue weighted by atomic mass is 10.0. The van der Waals surface area contributed by atoms with Gasteiger partial charge in [-0.1, -0.05) is 42.5 Å². The number of rotatable bonds is 5. The lowest BCUT2D eigenvalue weighted by molar-refractivity contribution is 0.0730. The zero-order valence-electron chi connectivity index (χ0n) is 15.3. The summed E-state index contributed by atoms with van der Waals surface area (Å²) in [4.78, 5) is 19.7. The standard InChI is InChI=1S/C22H22N2O2S/c1-26-18-10-5-9-17(14-18)20-11-6-12-24(20)22(25)19-15-27-21(23-19)13-16-7-3-2-4-8-16/h2-5,7-10,14-15,20H,6,11-13H2,1H3. The number of ether oxygens (including phenoxy) is 1. The third-order valence-corrected chi connectivity index (χ3v) is 5.81. The minimum absolute atomic E-state index is 0.0240. The van der Waals surface area contributed by atoms with Crippen molar-refractivity contribution in [2.24, 2.45) is 0 Å². The van der Waals surface area contributed by atoms with Crippen LogP contribution < -0.4 is 4.74 Å². The van der Waals surface area contributed by atoms with E-state index >= 15 is 0 Å². The molecule has 27 heavy (non-hydrogen) atoms. The number of likely N-dealkylation sites (tertiary alicyclic amines) is 1. The predicted octanol–water partition coefficient (Wildman–Crippen LogP) is 4.72. The number of carbonyl (C=O) groups excluding carboxylic acids is 1. The van der Waals surface area contributed by atoms with Gasteiger partial charge in [-0.25, -0.2) is 4.98 Å². The van der Waals surface area contributed by atoms with E-state index in [1.807, 2.05) is 46.7 Å². The fourth-order valence-corrected chi connectivity index (χ4v) is 4.42. The molecular weight excluding hydrogens is 356 g/mol. The molecule has 0 radical (unpaired) electrons. The normalized spacial score (nSPS) is 16.5. The third kappa shape index (κ3) is 3.88. The Morgan fingerprint density at radius 1 is 1.22 bits per heavy atom. The second kappa shape index (κ2) is 7.92. The van der Waals surface area contributed by atoms with Crippen molar-refractivity contribution in [3.63, 3.8) is 0 Å². The topological polar surface area (TPSA) is 42.4 Å². The number of hydrogen-bond donors (Lipinski definition) is 0. The molecule has 1 atom stereocenters. The highest BCUT2D eigenvalue weighted by atomic mass is 32.1. The van der Waals surface area contributed by atoms with Crippen LogP contribution in [0.1, 0.15) is 45.5 Å². The Bertz CT molecular complexity index is 923. The van der Waals surface area contributed by atoms with E-state index in [1.54, 1.807) is 18.4 Å². The Balaban J connectivity index is 1.51. The number of methoxy groups -OCH3 is 1. The van der Waals surface area contributed by atoms with Crippen LogP contribution in [-0.2, 0) is 6.42 Å². The first-order valence-electron chi connectivity index (χ1n) is 9.18. The molecule has 1 amide bonds. The number of carbonyl (C=O) groups is 1. The fourth-order valence-electron chi connectivity index (χ4n) is 3.61. The summed E-state index contributed by atoms with van der Waals surface area (Å²) in [5.41, 5.74) is 2.89. The van der Waals surface area contributed by atoms with E-state index in [1.165, 1.54) is 5.56 Å². The van der Waals surface area contributed by atoms with Gasteiger partial charge in [0.25, 0.3) is 5.91 Å². The van der Waals surface area contributed by atoms with Crippen molar-refractivity contribution in [2.75, 3.05) is 13.7 Å². The third-order valence-electron chi connectivity index (χ3n) is 4.96. The number of amides is 1. The summed E-state index contributed by atoms with van der Waals surface area (Å²) in [6.07, 6.45) is 2.74. The van der Waals surface area contributed by atoms with Crippen LogP contribution in [0.4, 0.5) is 0 Å². The van der Waals surface area contributed by atoms with Crippen LogP contribution in [0.25, 0.3) is 0 Å². The van der Waals surface area contributed by atoms with Crippen molar-refractivity contribution < 1.29 is 9.53 Å². The van der Waals surface area contributed by atoms with Gasteiger partial charge in [0, 0.05) is 18.3 Å². The largest absolute Gasteiger partial charge is 0.497 e. The van der Waals surface area contributed by atoms with Crippen molar-refractivity contribution in [2.45, 2.75) is 25.3 Å². The van der Waals surface area contributed by atoms with Crippen molar-refractivity contribution >= 4 is 17.2 Å². The second-order valence-electron chi connectivity index (χ2n) is 6.72. The zero-order valence-corrected chi connectivity index (χ0v) is 16.1. The number of aromatic nitrogens is 1. The van der Waals surface area contributed by atoms with Gasteiger partial charge in [-0.2, -0.15) is 0 Å². The average Bonchev–Trinajstić information content (AvgIpc) is 3.38. The highest BCUT2D eigenvalue weighted by molar-refractivity contribution is 7.09. The van der Waals surface area contributed by atoms with Crippen molar-refractivity contribution in [3.05, 3.63) is 81.8 Å². The van der Waals surface area contributed by atoms with Crippen LogP contribution in [-0.4, -0.2) is 29.4 Å². The van der Waals surface area contributed by atoms with Gasteiger partial charge in [0.1, 0.15) is 11.4 Å². The van der Waals surface area contributed by atoms with Gasteiger partial charge >= 0.3 is 0 Å². The molecule has 0 saturated carbocycles. The summed E-state index contributed by atoms with van der Waals surface area (Å²) in [7, 11) is 1.67. The van der Waals surface area contributed by atoms with Crippen LogP contribution in [0, 0.1) is 0 Å². The predicted molar refractivity (Wildman–Crippen MR) is 107 cm³/mol. The summed E-state index contributed by atoms with van der Waals surface area (Å²) in [6, 6.07) is 18.3. The van der Waals surface area contributed by atoms with E-state index < -0.39 is 0 Å². The molecule has 1 aliphatic rings. The summed E-state index contributed by atoms with van der Waals surface area (Å²) in [5, 5.41) is 2.86. The maximum Gasteiger partial charge on any atom is 0.273 e. The van der Waals surface area contributed by atoms with E-state index in [4.69, 9.17) is 4.74 Å². The van der Waals surface area contributed by atoms with E-state index in [0.717, 1.165) is 42.1 Å². The van der Waals surface area contributed by atoms with Crippen LogP contribution in [0.15, 0.2) is 60.0 Å². The number of hydrogen-bond acceptors (Lipinski definition) is 4. The lowest BCUT2D eigenvalue weighted by Crippen LogP contribution is -2.30. The smallest absolute Gasteiger partial charge is 0.273 e. The molecule has 0 bridgehead atoms. The first-order valence-corrected chi connectivity index (χ1v) is 10.1. The van der Waals surface area contributed by atoms with Gasteiger partial charge in [0.05, 0.1) is 18.2 Å². The maximum atomic E-state index is 13.1. The Morgan fingerprint density at radius 2 is 2.07 bits per heavy atom. The Hall–Kier alpha value is -2.66. The molecule has 0 spiro atoms. The summed E-state index contributed by atoms with van der Waals surface area (Å²) >= 11 is 1.56. The lowest BCUT2D eigenvalue weighted by Gasteiger charge is -2.24. The number of benzene rings is 2. The number of nitrogens with zero attached hydrogens (tertiary/aromatic N) is 2. The van der Waals surface area contributed by atoms with E-state index in [0.29, 0.717) is 5.69 Å². The first-order chi connectivity index (χ1) is 13.2. The van der Waals surface area contributed by atoms with Crippen LogP contribution in [0.2, 0.25) is 0 Å². The van der Waals surface area contributed by atoms with Gasteiger partial charge in [0.2, 0.25) is 0 Å². The highest BCUT2D eigenvalue weighted by Gasteiger charge is 2.31. The molecule has 5 heteroatoms. The highest BCUT2D eigenvalue weighted by Crippen LogP contribution is 2.34. The monoisotopic (exact) mass is 378 g/mol. The summed E-state index contributed by atoms with van der Waals surface area (Å²) in [6.45, 7) is 0.770. The molecule has 4 rings (SSSR count). The molecule has 3 aromatic rings. The molecule has 2 aromatic carbocycles. The van der Waals surface area contributed by atoms with Crippen molar-refractivity contribution in [3.8, 4) is 5.75 Å². The van der Waals surface area contributed by atoms with Gasteiger partial charge < -0.3 is 9.64 Å². The summed E-state index contributed by atoms with van der Waals surface area (Å²) in [5.74, 6) is 0.849. The Kier molecular flexibility index (Phi) is 5.21. The molecule has 1 unspecified atom stereocenters. The fraction of sp³-hybridized carbons (Fsp3) is 0.273. The average molecular weight is 378 g/mol. The zero-order chi connectivity index (χ0) is 18.6. The van der Waals surface area contributed by atoms with Crippen LogP contribution in [0.5, 0.6) is 5.75 Å².